The normalized spacial score (nSPS) is 17.2. The lowest BCUT2D eigenvalue weighted by molar-refractivity contribution is -0.142. The Balaban J connectivity index is 7.63. The van der Waals surface area contributed by atoms with E-state index in [-0.39, 0.29) is 23.7 Å². The first-order valence-corrected chi connectivity index (χ1v) is 37.0. The fourth-order valence-electron chi connectivity index (χ4n) is 8.91. The number of ketones is 3. The second kappa shape index (κ2) is 52.5. The summed E-state index contributed by atoms with van der Waals surface area (Å²) in [6.45, 7) is -2.26. The molecule has 0 saturated carbocycles. The quantitative estimate of drug-likeness (QED) is 0.0199. The van der Waals surface area contributed by atoms with Crippen LogP contribution in [0.3, 0.4) is 0 Å². The summed E-state index contributed by atoms with van der Waals surface area (Å²) in [5, 5.41) is 201. The molecule has 19 atom stereocenters. The van der Waals surface area contributed by atoms with E-state index in [9.17, 15) is 149 Å². The Morgan fingerprint density at radius 2 is 0.673 bits per heavy atom. The zero-order valence-corrected chi connectivity index (χ0v) is 58.9. The molecule has 0 aliphatic rings. The molecule has 0 heterocycles. The van der Waals surface area contributed by atoms with Crippen LogP contribution in [0.1, 0.15) is 110 Å². The number of Topliss-reactive ketones (excluding diaryl/α,β-unsaturated/α-hetero) is 3. The lowest BCUT2D eigenvalue weighted by Crippen LogP contribution is -2.50. The van der Waals surface area contributed by atoms with Crippen molar-refractivity contribution in [2.24, 2.45) is 23.7 Å². The summed E-state index contributed by atoms with van der Waals surface area (Å²) in [5.74, 6) is -20.6. The molecule has 19 unspecified atom stereocenters. The van der Waals surface area contributed by atoms with E-state index in [1.807, 2.05) is 6.92 Å². The van der Waals surface area contributed by atoms with Gasteiger partial charge in [0.25, 0.3) is 0 Å². The van der Waals surface area contributed by atoms with E-state index < -0.39 is 315 Å². The monoisotopic (exact) mass is 1530 g/mol. The maximum Gasteiger partial charge on any atom is 0.327 e. The van der Waals surface area contributed by atoms with Gasteiger partial charge in [-0.15, -0.1) is 0 Å². The van der Waals surface area contributed by atoms with Crippen LogP contribution in [0, 0.1) is 23.7 Å². The van der Waals surface area contributed by atoms with E-state index in [2.05, 4.69) is 31.9 Å². The highest BCUT2D eigenvalue weighted by molar-refractivity contribution is 8.77. The number of amides is 6. The first-order chi connectivity index (χ1) is 47.4. The Morgan fingerprint density at radius 1 is 0.356 bits per heavy atom. The Hall–Kier alpha value is -5.49. The summed E-state index contributed by atoms with van der Waals surface area (Å²) < 4.78 is 0. The number of hydrogen-bond donors (Lipinski definition) is 25. The van der Waals surface area contributed by atoms with Crippen molar-refractivity contribution < 1.29 is 159 Å². The minimum atomic E-state index is -2.18. The van der Waals surface area contributed by atoms with E-state index in [0.29, 0.717) is 12.2 Å². The number of hydrogen-bond acceptors (Lipinski definition) is 32. The third-order valence-corrected chi connectivity index (χ3v) is 20.6. The predicted molar refractivity (Wildman–Crippen MR) is 358 cm³/mol. The highest BCUT2D eigenvalue weighted by Gasteiger charge is 2.38. The molecule has 6 amide bonds. The molecule has 0 saturated heterocycles. The van der Waals surface area contributed by atoms with Crippen molar-refractivity contribution in [1.29, 1.82) is 0 Å². The predicted octanol–water partition coefficient (Wildman–Crippen LogP) is -7.74. The smallest absolute Gasteiger partial charge is 0.327 e. The fraction of sp³-hybridized carbons (Fsp3) is 0.780. The molecular formula is C59H100N6O32S4. The Labute approximate surface area is 596 Å². The summed E-state index contributed by atoms with van der Waals surface area (Å²) in [6.07, 6.45) is -34.1. The zero-order chi connectivity index (χ0) is 77.2. The topological polar surface area (TPSA) is 678 Å². The van der Waals surface area contributed by atoms with E-state index in [4.69, 9.17) is 10.2 Å². The molecule has 38 nitrogen and oxygen atoms in total. The molecule has 0 aliphatic heterocycles. The number of carboxylic acids is 4. The molecule has 0 spiro atoms. The number of aliphatic hydroxyl groups excluding tert-OH is 15. The van der Waals surface area contributed by atoms with Gasteiger partial charge < -0.3 is 129 Å². The maximum atomic E-state index is 14.7. The molecule has 0 radical (unpaired) electrons. The minimum absolute atomic E-state index is 0.0845. The summed E-state index contributed by atoms with van der Waals surface area (Å²) >= 11 is 0. The molecule has 0 bridgehead atoms. The molecule has 0 rings (SSSR count). The number of carbonyl (C=O) groups excluding carboxylic acids is 9. The van der Waals surface area contributed by atoms with Gasteiger partial charge in [-0.2, -0.15) is 0 Å². The summed E-state index contributed by atoms with van der Waals surface area (Å²) in [4.78, 5) is 173. The molecule has 0 aromatic heterocycles. The summed E-state index contributed by atoms with van der Waals surface area (Å²) in [7, 11) is 4.58. The van der Waals surface area contributed by atoms with Crippen molar-refractivity contribution in [3.8, 4) is 0 Å². The van der Waals surface area contributed by atoms with Gasteiger partial charge in [-0.25, -0.2) is 4.79 Å². The van der Waals surface area contributed by atoms with Gasteiger partial charge >= 0.3 is 23.9 Å². The van der Waals surface area contributed by atoms with Crippen LogP contribution in [0.25, 0.3) is 0 Å². The number of nitrogens with one attached hydrogen (secondary N) is 6. The highest BCUT2D eigenvalue weighted by Crippen LogP contribution is 2.27. The van der Waals surface area contributed by atoms with Crippen LogP contribution in [0.15, 0.2) is 0 Å². The van der Waals surface area contributed by atoms with Crippen LogP contribution in [0.4, 0.5) is 0 Å². The third kappa shape index (κ3) is 39.8. The van der Waals surface area contributed by atoms with Gasteiger partial charge in [0.2, 0.25) is 35.4 Å². The highest BCUT2D eigenvalue weighted by atomic mass is 33.1. The number of aliphatic hydroxyl groups is 15. The van der Waals surface area contributed by atoms with E-state index in [0.717, 1.165) is 32.4 Å². The molecule has 582 valence electrons. The first kappa shape index (κ1) is 95.5. The SMILES string of the molecule is CCCSSCC(NC(=O)C(CCC(=O)NCC(O)C(O)C(O)C(O)CO)CC(=O)C(CCC(=O)O)NC(=O)C(CCC(=O)NCC(O)C(O)C(O)C(O)CO)CC(=O)C(CCC(=O)O)NC(=O)C(CCC(=O)NCC(O)C(O)C(O)C(O)CO)CC(=O)CCSSCC(C)C(=O)O)C(=O)O. The van der Waals surface area contributed by atoms with Crippen LogP contribution in [0.2, 0.25) is 0 Å². The van der Waals surface area contributed by atoms with Crippen LogP contribution in [-0.4, -0.2) is 328 Å². The van der Waals surface area contributed by atoms with Gasteiger partial charge in [-0.3, -0.25) is 57.5 Å². The number of carbonyl (C=O) groups is 13. The molecule has 0 aliphatic carbocycles. The van der Waals surface area contributed by atoms with Gasteiger partial charge in [-0.1, -0.05) is 57.0 Å². The zero-order valence-electron chi connectivity index (χ0n) is 55.6. The lowest BCUT2D eigenvalue weighted by atomic mass is 9.89. The Kier molecular flexibility index (Phi) is 49.6. The van der Waals surface area contributed by atoms with Gasteiger partial charge in [0.15, 0.2) is 11.6 Å². The molecular weight excluding hydrogens is 1430 g/mol. The van der Waals surface area contributed by atoms with Crippen LogP contribution < -0.4 is 31.9 Å². The number of aliphatic carboxylic acids is 4. The largest absolute Gasteiger partial charge is 0.481 e. The average Bonchev–Trinajstić information content (AvgIpc) is 0.869. The van der Waals surface area contributed by atoms with E-state index in [1.54, 1.807) is 0 Å². The van der Waals surface area contributed by atoms with Crippen molar-refractivity contribution in [1.82, 2.24) is 31.9 Å². The van der Waals surface area contributed by atoms with Gasteiger partial charge in [0, 0.05) is 118 Å². The molecule has 25 N–H and O–H groups in total. The van der Waals surface area contributed by atoms with Gasteiger partial charge in [0.1, 0.15) is 66.8 Å². The summed E-state index contributed by atoms with van der Waals surface area (Å²) in [6, 6.07) is -5.48. The van der Waals surface area contributed by atoms with Crippen molar-refractivity contribution in [2.75, 3.05) is 62.5 Å². The standard InChI is InChI=1S/C59H100N6O32S4/c1-3-15-98-101-27-35(59(96)97)65-57(93)31(6-11-46(80)62-22-40(74)51(87)54(90)43(77)25-68)19-37(71)34(8-13-48(83)84)64-56(92)30(5-10-45(79)61-21-39(73)50(86)53(89)42(76)24-67)18-36(70)33(7-12-47(81)82)63-55(91)29(17-32(69)14-16-99-100-26-28(2)58(94)95)4-9-44(78)60-20-38(72)49(85)52(88)41(75)23-66/h28-31,33-35,38-43,49-54,66-68,72-77,85-90H,3-27H2,1-2H3,(H,60,78)(H,61,79)(H,62,80)(H,63,91)(H,64,92)(H,65,93)(H,81,82)(H,83,84)(H,94,95)(H,96,97). The number of rotatable bonds is 60. The number of carboxylic acid groups (broad SMARTS) is 4. The Bertz CT molecular complexity index is 2610. The maximum absolute atomic E-state index is 14.7. The van der Waals surface area contributed by atoms with Crippen LogP contribution in [-0.2, 0) is 62.3 Å². The molecule has 0 aromatic carbocycles. The fourth-order valence-corrected chi connectivity index (χ4v) is 13.6. The minimum Gasteiger partial charge on any atom is -0.481 e. The summed E-state index contributed by atoms with van der Waals surface area (Å²) in [5.41, 5.74) is 0. The van der Waals surface area contributed by atoms with Crippen molar-refractivity contribution in [3.63, 3.8) is 0 Å². The second-order valence-corrected chi connectivity index (χ2v) is 28.9. The first-order valence-electron chi connectivity index (χ1n) is 32.0. The van der Waals surface area contributed by atoms with Crippen LogP contribution >= 0.6 is 43.2 Å². The molecule has 42 heteroatoms. The second-order valence-electron chi connectivity index (χ2n) is 23.7. The molecule has 101 heavy (non-hydrogen) atoms. The lowest BCUT2D eigenvalue weighted by Gasteiger charge is -2.26. The van der Waals surface area contributed by atoms with E-state index >= 15 is 0 Å². The van der Waals surface area contributed by atoms with Crippen molar-refractivity contribution in [3.05, 3.63) is 0 Å². The Morgan fingerprint density at radius 3 is 0.990 bits per heavy atom. The average molecular weight is 1530 g/mol. The van der Waals surface area contributed by atoms with E-state index in [1.165, 1.54) is 17.7 Å². The third-order valence-electron chi connectivity index (χ3n) is 15.4. The van der Waals surface area contributed by atoms with Crippen molar-refractivity contribution in [2.45, 2.75) is 202 Å². The van der Waals surface area contributed by atoms with Crippen LogP contribution in [0.5, 0.6) is 0 Å². The van der Waals surface area contributed by atoms with Gasteiger partial charge in [0.05, 0.1) is 56.1 Å². The van der Waals surface area contributed by atoms with Gasteiger partial charge in [-0.05, 0) is 38.5 Å². The van der Waals surface area contributed by atoms with Crippen molar-refractivity contribution >= 4 is 120 Å². The molecule has 0 aromatic rings. The molecule has 0 fully saturated rings.